The molecule has 0 radical (unpaired) electrons. The van der Waals surface area contributed by atoms with Gasteiger partial charge >= 0.3 is 0 Å². The van der Waals surface area contributed by atoms with Gasteiger partial charge in [-0.25, -0.2) is 9.97 Å². The number of rotatable bonds is 5. The summed E-state index contributed by atoms with van der Waals surface area (Å²) in [5.41, 5.74) is 6.50. The van der Waals surface area contributed by atoms with Crippen LogP contribution in [0.4, 0.5) is 5.82 Å². The van der Waals surface area contributed by atoms with Crippen LogP contribution in [0.5, 0.6) is 0 Å². The Morgan fingerprint density at radius 3 is 2.82 bits per heavy atom. The lowest BCUT2D eigenvalue weighted by Crippen LogP contribution is -2.35. The third-order valence-corrected chi connectivity index (χ3v) is 3.22. The van der Waals surface area contributed by atoms with Gasteiger partial charge in [-0.05, 0) is 32.6 Å². The highest BCUT2D eigenvalue weighted by atomic mass is 32.1. The van der Waals surface area contributed by atoms with Crippen LogP contribution in [-0.4, -0.2) is 27.5 Å². The summed E-state index contributed by atoms with van der Waals surface area (Å²) in [6.07, 6.45) is 5.89. The standard InChI is InChI=1S/C12H18N4S/c1-8(2)16(6-9-3-4-9)12-10(11(13)17)5-14-7-15-12/h5,7-9H,3-4,6H2,1-2H3,(H2,13,17). The van der Waals surface area contributed by atoms with Gasteiger partial charge in [0.25, 0.3) is 0 Å². The molecule has 2 rings (SSSR count). The van der Waals surface area contributed by atoms with E-state index in [0.29, 0.717) is 11.0 Å². The second kappa shape index (κ2) is 4.96. The molecule has 5 heteroatoms. The van der Waals surface area contributed by atoms with E-state index >= 15 is 0 Å². The summed E-state index contributed by atoms with van der Waals surface area (Å²) >= 11 is 5.06. The molecule has 17 heavy (non-hydrogen) atoms. The summed E-state index contributed by atoms with van der Waals surface area (Å²) in [5, 5.41) is 0. The third kappa shape index (κ3) is 2.91. The molecule has 0 spiro atoms. The minimum absolute atomic E-state index is 0.363. The van der Waals surface area contributed by atoms with Crippen molar-refractivity contribution in [2.75, 3.05) is 11.4 Å². The zero-order valence-corrected chi connectivity index (χ0v) is 11.1. The van der Waals surface area contributed by atoms with Crippen LogP contribution in [-0.2, 0) is 0 Å². The van der Waals surface area contributed by atoms with E-state index < -0.39 is 0 Å². The predicted molar refractivity (Wildman–Crippen MR) is 73.1 cm³/mol. The van der Waals surface area contributed by atoms with Crippen molar-refractivity contribution in [3.05, 3.63) is 18.1 Å². The van der Waals surface area contributed by atoms with E-state index in [1.54, 1.807) is 12.5 Å². The fourth-order valence-electron chi connectivity index (χ4n) is 1.85. The molecule has 1 aliphatic carbocycles. The maximum Gasteiger partial charge on any atom is 0.142 e. The van der Waals surface area contributed by atoms with E-state index in [9.17, 15) is 0 Å². The van der Waals surface area contributed by atoms with Gasteiger partial charge < -0.3 is 10.6 Å². The Morgan fingerprint density at radius 2 is 2.29 bits per heavy atom. The van der Waals surface area contributed by atoms with Crippen molar-refractivity contribution in [3.8, 4) is 0 Å². The van der Waals surface area contributed by atoms with Gasteiger partial charge in [0.1, 0.15) is 17.1 Å². The second-order valence-electron chi connectivity index (χ2n) is 4.81. The molecule has 4 nitrogen and oxygen atoms in total. The van der Waals surface area contributed by atoms with E-state index in [0.717, 1.165) is 23.8 Å². The maximum atomic E-state index is 5.72. The van der Waals surface area contributed by atoms with Crippen LogP contribution in [0.2, 0.25) is 0 Å². The number of nitrogens with two attached hydrogens (primary N) is 1. The molecule has 2 N–H and O–H groups in total. The first kappa shape index (κ1) is 12.2. The molecule has 1 saturated carbocycles. The van der Waals surface area contributed by atoms with Crippen LogP contribution in [0, 0.1) is 5.92 Å². The van der Waals surface area contributed by atoms with E-state index in [-0.39, 0.29) is 0 Å². The predicted octanol–water partition coefficient (Wildman–Crippen LogP) is 1.74. The Morgan fingerprint density at radius 1 is 1.59 bits per heavy atom. The van der Waals surface area contributed by atoms with Crippen molar-refractivity contribution in [3.63, 3.8) is 0 Å². The van der Waals surface area contributed by atoms with Crippen molar-refractivity contribution in [1.82, 2.24) is 9.97 Å². The lowest BCUT2D eigenvalue weighted by Gasteiger charge is -2.29. The number of aromatic nitrogens is 2. The molecule has 0 bridgehead atoms. The SMILES string of the molecule is CC(C)N(CC1CC1)c1ncncc1C(N)=S. The lowest BCUT2D eigenvalue weighted by molar-refractivity contribution is 0.635. The van der Waals surface area contributed by atoms with Crippen LogP contribution in [0.1, 0.15) is 32.3 Å². The van der Waals surface area contributed by atoms with Crippen LogP contribution >= 0.6 is 12.2 Å². The molecule has 0 aromatic carbocycles. The Hall–Kier alpha value is -1.23. The molecular formula is C12H18N4S. The lowest BCUT2D eigenvalue weighted by atomic mass is 10.2. The van der Waals surface area contributed by atoms with Crippen molar-refractivity contribution >= 4 is 23.0 Å². The zero-order chi connectivity index (χ0) is 12.4. The molecule has 1 aromatic heterocycles. The van der Waals surface area contributed by atoms with Crippen molar-refractivity contribution in [2.24, 2.45) is 11.7 Å². The first-order valence-corrected chi connectivity index (χ1v) is 6.37. The quantitative estimate of drug-likeness (QED) is 0.807. The number of hydrogen-bond donors (Lipinski definition) is 1. The maximum absolute atomic E-state index is 5.72. The van der Waals surface area contributed by atoms with Crippen LogP contribution in [0.25, 0.3) is 0 Å². The smallest absolute Gasteiger partial charge is 0.142 e. The first-order valence-electron chi connectivity index (χ1n) is 5.96. The van der Waals surface area contributed by atoms with Crippen LogP contribution in [0.3, 0.4) is 0 Å². The van der Waals surface area contributed by atoms with E-state index in [1.165, 1.54) is 12.8 Å². The molecule has 0 atom stereocenters. The molecule has 1 aliphatic rings. The topological polar surface area (TPSA) is 55.0 Å². The molecule has 0 unspecified atom stereocenters. The summed E-state index contributed by atoms with van der Waals surface area (Å²) in [4.78, 5) is 11.0. The van der Waals surface area contributed by atoms with E-state index in [2.05, 4.69) is 28.7 Å². The van der Waals surface area contributed by atoms with Crippen LogP contribution < -0.4 is 10.6 Å². The average Bonchev–Trinajstić information content (AvgIpc) is 3.09. The Kier molecular flexibility index (Phi) is 3.57. The van der Waals surface area contributed by atoms with E-state index in [4.69, 9.17) is 18.0 Å². The normalized spacial score (nSPS) is 15.0. The van der Waals surface area contributed by atoms with Gasteiger partial charge in [-0.15, -0.1) is 0 Å². The Balaban J connectivity index is 2.30. The fourth-order valence-corrected chi connectivity index (χ4v) is 1.99. The van der Waals surface area contributed by atoms with Gasteiger partial charge in [0, 0.05) is 18.8 Å². The molecule has 0 amide bonds. The highest BCUT2D eigenvalue weighted by molar-refractivity contribution is 7.80. The van der Waals surface area contributed by atoms with Crippen LogP contribution in [0.15, 0.2) is 12.5 Å². The molecule has 1 fully saturated rings. The van der Waals surface area contributed by atoms with Gasteiger partial charge in [-0.2, -0.15) is 0 Å². The molecule has 0 aliphatic heterocycles. The highest BCUT2D eigenvalue weighted by Gasteiger charge is 2.27. The molecule has 1 aromatic rings. The summed E-state index contributed by atoms with van der Waals surface area (Å²) in [5.74, 6) is 1.67. The summed E-state index contributed by atoms with van der Waals surface area (Å²) in [6, 6.07) is 0.388. The minimum atomic E-state index is 0.363. The molecule has 1 heterocycles. The molecular weight excluding hydrogens is 232 g/mol. The van der Waals surface area contributed by atoms with E-state index in [1.807, 2.05) is 0 Å². The first-order chi connectivity index (χ1) is 8.09. The Labute approximate surface area is 107 Å². The van der Waals surface area contributed by atoms with Gasteiger partial charge in [0.15, 0.2) is 0 Å². The minimum Gasteiger partial charge on any atom is -0.389 e. The zero-order valence-electron chi connectivity index (χ0n) is 10.3. The summed E-state index contributed by atoms with van der Waals surface area (Å²) < 4.78 is 0. The van der Waals surface area contributed by atoms with Crippen molar-refractivity contribution in [1.29, 1.82) is 0 Å². The third-order valence-electron chi connectivity index (χ3n) is 3.00. The van der Waals surface area contributed by atoms with Crippen molar-refractivity contribution in [2.45, 2.75) is 32.7 Å². The number of nitrogens with zero attached hydrogens (tertiary/aromatic N) is 3. The average molecular weight is 250 g/mol. The number of anilines is 1. The van der Waals surface area contributed by atoms with Crippen molar-refractivity contribution < 1.29 is 0 Å². The summed E-state index contributed by atoms with van der Waals surface area (Å²) in [7, 11) is 0. The fraction of sp³-hybridized carbons (Fsp3) is 0.583. The number of thiocarbonyl (C=S) groups is 1. The second-order valence-corrected chi connectivity index (χ2v) is 5.25. The molecule has 0 saturated heterocycles. The van der Waals surface area contributed by atoms with Gasteiger partial charge in [-0.3, -0.25) is 0 Å². The monoisotopic (exact) mass is 250 g/mol. The van der Waals surface area contributed by atoms with Gasteiger partial charge in [0.2, 0.25) is 0 Å². The largest absolute Gasteiger partial charge is 0.389 e. The van der Waals surface area contributed by atoms with Gasteiger partial charge in [-0.1, -0.05) is 12.2 Å². The van der Waals surface area contributed by atoms with Gasteiger partial charge in [0.05, 0.1) is 5.56 Å². The molecule has 92 valence electrons. The summed E-state index contributed by atoms with van der Waals surface area (Å²) in [6.45, 7) is 5.35. The Bertz CT molecular complexity index is 415. The number of hydrogen-bond acceptors (Lipinski definition) is 4. The highest BCUT2D eigenvalue weighted by Crippen LogP contribution is 2.32.